The average molecular weight is 135 g/mol. The van der Waals surface area contributed by atoms with Crippen LogP contribution in [0.3, 0.4) is 0 Å². The third-order valence-electron chi connectivity index (χ3n) is 2.57. The van der Waals surface area contributed by atoms with E-state index in [9.17, 15) is 0 Å². The summed E-state index contributed by atoms with van der Waals surface area (Å²) in [5.41, 5.74) is 7.47. The molecule has 10 heavy (non-hydrogen) atoms. The van der Waals surface area contributed by atoms with Gasteiger partial charge in [0.1, 0.15) is 0 Å². The summed E-state index contributed by atoms with van der Waals surface area (Å²) < 4.78 is 0. The van der Waals surface area contributed by atoms with E-state index in [1.165, 1.54) is 19.3 Å². The summed E-state index contributed by atoms with van der Waals surface area (Å²) in [7, 11) is 0. The first kappa shape index (κ1) is 6.17. The Labute approximate surface area is 61.6 Å². The monoisotopic (exact) mass is 135 g/mol. The third kappa shape index (κ3) is 0.816. The SMILES string of the molecule is NC1C=CC=C2CCCC21. The first-order chi connectivity index (χ1) is 4.88. The Hall–Kier alpha value is -0.560. The number of hydrogen-bond donors (Lipinski definition) is 1. The summed E-state index contributed by atoms with van der Waals surface area (Å²) in [4.78, 5) is 0. The molecule has 0 spiro atoms. The van der Waals surface area contributed by atoms with Crippen molar-refractivity contribution >= 4 is 0 Å². The largest absolute Gasteiger partial charge is 0.324 e. The van der Waals surface area contributed by atoms with E-state index in [-0.39, 0.29) is 0 Å². The molecule has 0 heterocycles. The molecule has 0 bridgehead atoms. The lowest BCUT2D eigenvalue weighted by atomic mass is 9.90. The van der Waals surface area contributed by atoms with Crippen molar-refractivity contribution in [1.29, 1.82) is 0 Å². The summed E-state index contributed by atoms with van der Waals surface area (Å²) in [6, 6.07) is 0.308. The molecular formula is C9H13N. The average Bonchev–Trinajstić information content (AvgIpc) is 2.36. The molecular weight excluding hydrogens is 122 g/mol. The van der Waals surface area contributed by atoms with E-state index < -0.39 is 0 Å². The second-order valence-corrected chi connectivity index (χ2v) is 3.20. The van der Waals surface area contributed by atoms with Gasteiger partial charge in [0.15, 0.2) is 0 Å². The predicted molar refractivity (Wildman–Crippen MR) is 42.5 cm³/mol. The van der Waals surface area contributed by atoms with Crippen molar-refractivity contribution in [2.75, 3.05) is 0 Å². The van der Waals surface area contributed by atoms with Gasteiger partial charge in [0.2, 0.25) is 0 Å². The number of hydrogen-bond acceptors (Lipinski definition) is 1. The minimum absolute atomic E-state index is 0.308. The number of allylic oxidation sites excluding steroid dienone is 2. The molecule has 0 aromatic carbocycles. The Balaban J connectivity index is 2.25. The maximum Gasteiger partial charge on any atom is 0.0293 e. The summed E-state index contributed by atoms with van der Waals surface area (Å²) in [6.45, 7) is 0. The van der Waals surface area contributed by atoms with Crippen molar-refractivity contribution in [1.82, 2.24) is 0 Å². The molecule has 1 fully saturated rings. The minimum Gasteiger partial charge on any atom is -0.324 e. The number of nitrogens with two attached hydrogens (primary N) is 1. The van der Waals surface area contributed by atoms with Gasteiger partial charge in [0.05, 0.1) is 0 Å². The highest BCUT2D eigenvalue weighted by molar-refractivity contribution is 5.27. The molecule has 1 saturated carbocycles. The summed E-state index contributed by atoms with van der Waals surface area (Å²) in [5.74, 6) is 0.685. The van der Waals surface area contributed by atoms with E-state index >= 15 is 0 Å². The summed E-state index contributed by atoms with van der Waals surface area (Å²) in [6.07, 6.45) is 10.4. The molecule has 0 aromatic heterocycles. The highest BCUT2D eigenvalue weighted by Crippen LogP contribution is 2.34. The van der Waals surface area contributed by atoms with Gasteiger partial charge in [-0.1, -0.05) is 23.8 Å². The van der Waals surface area contributed by atoms with E-state index in [1.54, 1.807) is 5.57 Å². The highest BCUT2D eigenvalue weighted by Gasteiger charge is 2.26. The smallest absolute Gasteiger partial charge is 0.0293 e. The van der Waals surface area contributed by atoms with E-state index in [1.807, 2.05) is 0 Å². The molecule has 0 radical (unpaired) electrons. The van der Waals surface area contributed by atoms with Crippen LogP contribution in [0.5, 0.6) is 0 Å². The Kier molecular flexibility index (Phi) is 1.38. The fourth-order valence-electron chi connectivity index (χ4n) is 1.99. The first-order valence-electron chi connectivity index (χ1n) is 4.01. The van der Waals surface area contributed by atoms with Crippen molar-refractivity contribution in [2.24, 2.45) is 11.7 Å². The molecule has 2 aliphatic carbocycles. The molecule has 0 amide bonds. The quantitative estimate of drug-likeness (QED) is 0.536. The van der Waals surface area contributed by atoms with Crippen LogP contribution in [-0.2, 0) is 0 Å². The van der Waals surface area contributed by atoms with Crippen LogP contribution < -0.4 is 5.73 Å². The van der Waals surface area contributed by atoms with Crippen molar-refractivity contribution < 1.29 is 0 Å². The summed E-state index contributed by atoms with van der Waals surface area (Å²) in [5, 5.41) is 0. The molecule has 0 aliphatic heterocycles. The zero-order valence-corrected chi connectivity index (χ0v) is 6.09. The van der Waals surface area contributed by atoms with Gasteiger partial charge in [-0.05, 0) is 25.2 Å². The lowest BCUT2D eigenvalue weighted by Gasteiger charge is -2.19. The van der Waals surface area contributed by atoms with Gasteiger partial charge in [-0.15, -0.1) is 0 Å². The molecule has 0 aromatic rings. The van der Waals surface area contributed by atoms with Gasteiger partial charge in [-0.25, -0.2) is 0 Å². The molecule has 1 heteroatoms. The van der Waals surface area contributed by atoms with Crippen LogP contribution in [0.2, 0.25) is 0 Å². The first-order valence-corrected chi connectivity index (χ1v) is 4.01. The van der Waals surface area contributed by atoms with Gasteiger partial charge < -0.3 is 5.73 Å². The van der Waals surface area contributed by atoms with E-state index in [0.29, 0.717) is 12.0 Å². The van der Waals surface area contributed by atoms with Crippen molar-refractivity contribution in [2.45, 2.75) is 25.3 Å². The van der Waals surface area contributed by atoms with Crippen molar-refractivity contribution in [3.8, 4) is 0 Å². The van der Waals surface area contributed by atoms with Crippen molar-refractivity contribution in [3.63, 3.8) is 0 Å². The minimum atomic E-state index is 0.308. The molecule has 2 N–H and O–H groups in total. The third-order valence-corrected chi connectivity index (χ3v) is 2.57. The standard InChI is InChI=1S/C9H13N/c10-9-6-2-4-7-3-1-5-8(7)9/h2,4,6,8-9H,1,3,5,10H2. The Morgan fingerprint density at radius 3 is 3.20 bits per heavy atom. The lowest BCUT2D eigenvalue weighted by molar-refractivity contribution is 0.553. The lowest BCUT2D eigenvalue weighted by Crippen LogP contribution is -2.28. The van der Waals surface area contributed by atoms with E-state index in [0.717, 1.165) is 0 Å². The Morgan fingerprint density at radius 2 is 2.40 bits per heavy atom. The molecule has 2 unspecified atom stereocenters. The topological polar surface area (TPSA) is 26.0 Å². The van der Waals surface area contributed by atoms with E-state index in [2.05, 4.69) is 18.2 Å². The maximum absolute atomic E-state index is 5.89. The second-order valence-electron chi connectivity index (χ2n) is 3.20. The highest BCUT2D eigenvalue weighted by atomic mass is 14.6. The van der Waals surface area contributed by atoms with Crippen LogP contribution in [0.15, 0.2) is 23.8 Å². The fourth-order valence-corrected chi connectivity index (χ4v) is 1.99. The van der Waals surface area contributed by atoms with Crippen LogP contribution in [0.1, 0.15) is 19.3 Å². The second kappa shape index (κ2) is 2.24. The molecule has 54 valence electrons. The Bertz CT molecular complexity index is 191. The van der Waals surface area contributed by atoms with Gasteiger partial charge in [-0.2, -0.15) is 0 Å². The zero-order chi connectivity index (χ0) is 6.97. The maximum atomic E-state index is 5.89. The van der Waals surface area contributed by atoms with Gasteiger partial charge >= 0.3 is 0 Å². The fraction of sp³-hybridized carbons (Fsp3) is 0.556. The van der Waals surface area contributed by atoms with Crippen LogP contribution in [0.4, 0.5) is 0 Å². The number of fused-ring (bicyclic) bond motifs is 1. The number of rotatable bonds is 0. The van der Waals surface area contributed by atoms with Gasteiger partial charge in [-0.3, -0.25) is 0 Å². The van der Waals surface area contributed by atoms with Crippen LogP contribution in [-0.4, -0.2) is 6.04 Å². The molecule has 1 nitrogen and oxygen atoms in total. The van der Waals surface area contributed by atoms with Gasteiger partial charge in [0, 0.05) is 6.04 Å². The van der Waals surface area contributed by atoms with Crippen molar-refractivity contribution in [3.05, 3.63) is 23.8 Å². The van der Waals surface area contributed by atoms with Crippen LogP contribution >= 0.6 is 0 Å². The normalized spacial score (nSPS) is 37.5. The predicted octanol–water partition coefficient (Wildman–Crippen LogP) is 1.61. The van der Waals surface area contributed by atoms with E-state index in [4.69, 9.17) is 5.73 Å². The summed E-state index contributed by atoms with van der Waals surface area (Å²) >= 11 is 0. The molecule has 2 aliphatic rings. The van der Waals surface area contributed by atoms with Crippen LogP contribution in [0, 0.1) is 5.92 Å². The molecule has 2 atom stereocenters. The zero-order valence-electron chi connectivity index (χ0n) is 6.09. The molecule has 0 saturated heterocycles. The molecule has 2 rings (SSSR count). The van der Waals surface area contributed by atoms with Gasteiger partial charge in [0.25, 0.3) is 0 Å². The van der Waals surface area contributed by atoms with Crippen LogP contribution in [0.25, 0.3) is 0 Å². The Morgan fingerprint density at radius 1 is 1.50 bits per heavy atom.